The SMILES string of the molecule is NC[C@H]1O[C@@H](n2cnc3c(N[C@H](C4CCC4)C4CC4)nc(I)nc32)[C@H](O)[C@@H]1O. The molecule has 2 aliphatic carbocycles. The molecular formula is C18H25IN6O3. The van der Waals surface area contributed by atoms with E-state index in [9.17, 15) is 10.2 Å². The Morgan fingerprint density at radius 1 is 1.21 bits per heavy atom. The first-order chi connectivity index (χ1) is 13.6. The van der Waals surface area contributed by atoms with E-state index in [2.05, 4.69) is 42.9 Å². The third kappa shape index (κ3) is 3.18. The molecular weight excluding hydrogens is 475 g/mol. The highest BCUT2D eigenvalue weighted by Crippen LogP contribution is 2.44. The Balaban J connectivity index is 1.49. The first-order valence-electron chi connectivity index (χ1n) is 9.95. The Labute approximate surface area is 176 Å². The van der Waals surface area contributed by atoms with E-state index in [0.717, 1.165) is 11.7 Å². The number of hydrogen-bond acceptors (Lipinski definition) is 8. The molecule has 0 spiro atoms. The fourth-order valence-corrected chi connectivity index (χ4v) is 4.83. The zero-order valence-corrected chi connectivity index (χ0v) is 17.6. The summed E-state index contributed by atoms with van der Waals surface area (Å²) in [6.07, 6.45) is 4.46. The lowest BCUT2D eigenvalue weighted by atomic mass is 9.78. The van der Waals surface area contributed by atoms with Crippen molar-refractivity contribution in [1.82, 2.24) is 19.5 Å². The Kier molecular flexibility index (Phi) is 4.94. The number of hydrogen-bond donors (Lipinski definition) is 4. The van der Waals surface area contributed by atoms with Gasteiger partial charge < -0.3 is 26.0 Å². The van der Waals surface area contributed by atoms with E-state index in [4.69, 9.17) is 10.5 Å². The number of rotatable bonds is 6. The number of ether oxygens (including phenoxy) is 1. The lowest BCUT2D eigenvalue weighted by Crippen LogP contribution is -2.36. The van der Waals surface area contributed by atoms with Crippen LogP contribution < -0.4 is 11.1 Å². The second-order valence-electron chi connectivity index (χ2n) is 8.15. The van der Waals surface area contributed by atoms with Crippen LogP contribution in [0.5, 0.6) is 0 Å². The second kappa shape index (κ2) is 7.31. The molecule has 10 heteroatoms. The van der Waals surface area contributed by atoms with Gasteiger partial charge in [-0.3, -0.25) is 4.57 Å². The van der Waals surface area contributed by atoms with E-state index in [0.29, 0.717) is 27.0 Å². The van der Waals surface area contributed by atoms with E-state index >= 15 is 0 Å². The number of aliphatic hydroxyl groups excluding tert-OH is 2. The van der Waals surface area contributed by atoms with Gasteiger partial charge in [0, 0.05) is 35.2 Å². The van der Waals surface area contributed by atoms with E-state index < -0.39 is 24.5 Å². The van der Waals surface area contributed by atoms with Crippen LogP contribution in [0.25, 0.3) is 11.2 Å². The highest BCUT2D eigenvalue weighted by Gasteiger charge is 2.44. The standard InChI is InChI=1S/C18H25IN6O3/c19-18-23-15(22-11(9-4-5-9)8-2-1-3-8)12-16(24-18)25(7-21-12)17-14(27)13(26)10(6-20)28-17/h7-11,13-14,17,26-27H,1-6,20H2,(H,22,23,24)/t10-,11-,13-,14-,17-/m1/s1. The number of nitrogens with two attached hydrogens (primary N) is 1. The average Bonchev–Trinajstić information content (AvgIpc) is 3.34. The largest absolute Gasteiger partial charge is 0.387 e. The van der Waals surface area contributed by atoms with Gasteiger partial charge >= 0.3 is 0 Å². The van der Waals surface area contributed by atoms with Gasteiger partial charge in [0.05, 0.1) is 6.33 Å². The molecule has 3 heterocycles. The summed E-state index contributed by atoms with van der Waals surface area (Å²) in [6.45, 7) is 0.130. The van der Waals surface area contributed by atoms with Gasteiger partial charge in [-0.1, -0.05) is 6.42 Å². The summed E-state index contributed by atoms with van der Waals surface area (Å²) in [5, 5.41) is 24.2. The van der Waals surface area contributed by atoms with Crippen molar-refractivity contribution in [3.8, 4) is 0 Å². The molecule has 0 radical (unpaired) electrons. The predicted molar refractivity (Wildman–Crippen MR) is 110 cm³/mol. The fourth-order valence-electron chi connectivity index (χ4n) is 4.36. The van der Waals surface area contributed by atoms with Gasteiger partial charge in [-0.05, 0) is 37.5 Å². The van der Waals surface area contributed by atoms with Crippen LogP contribution in [-0.2, 0) is 4.74 Å². The maximum absolute atomic E-state index is 10.4. The van der Waals surface area contributed by atoms with E-state index in [1.165, 1.54) is 32.1 Å². The number of nitrogens with one attached hydrogen (secondary N) is 1. The summed E-state index contributed by atoms with van der Waals surface area (Å²) >= 11 is 2.10. The molecule has 0 bridgehead atoms. The lowest BCUT2D eigenvalue weighted by Gasteiger charge is -2.35. The summed E-state index contributed by atoms with van der Waals surface area (Å²) in [4.78, 5) is 13.7. The average molecular weight is 500 g/mol. The van der Waals surface area contributed by atoms with Crippen molar-refractivity contribution in [2.24, 2.45) is 17.6 Å². The zero-order chi connectivity index (χ0) is 19.4. The number of fused-ring (bicyclic) bond motifs is 1. The van der Waals surface area contributed by atoms with Crippen molar-refractivity contribution >= 4 is 39.6 Å². The molecule has 5 rings (SSSR count). The highest BCUT2D eigenvalue weighted by molar-refractivity contribution is 14.1. The first kappa shape index (κ1) is 18.9. The van der Waals surface area contributed by atoms with E-state index in [1.807, 2.05) is 0 Å². The molecule has 3 fully saturated rings. The van der Waals surface area contributed by atoms with Crippen LogP contribution in [0.1, 0.15) is 38.3 Å². The summed E-state index contributed by atoms with van der Waals surface area (Å²) < 4.78 is 8.04. The number of nitrogens with zero attached hydrogens (tertiary/aromatic N) is 4. The highest BCUT2D eigenvalue weighted by atomic mass is 127. The monoisotopic (exact) mass is 500 g/mol. The molecule has 28 heavy (non-hydrogen) atoms. The van der Waals surface area contributed by atoms with Gasteiger partial charge in [0.15, 0.2) is 27.0 Å². The second-order valence-corrected chi connectivity index (χ2v) is 9.11. The van der Waals surface area contributed by atoms with Gasteiger partial charge in [-0.15, -0.1) is 0 Å². The van der Waals surface area contributed by atoms with Crippen molar-refractivity contribution in [3.05, 3.63) is 10.2 Å². The molecule has 1 saturated heterocycles. The van der Waals surface area contributed by atoms with Crippen molar-refractivity contribution in [2.75, 3.05) is 11.9 Å². The summed E-state index contributed by atoms with van der Waals surface area (Å²) in [5.41, 5.74) is 6.88. The molecule has 5 N–H and O–H groups in total. The van der Waals surface area contributed by atoms with Crippen molar-refractivity contribution in [3.63, 3.8) is 0 Å². The lowest BCUT2D eigenvalue weighted by molar-refractivity contribution is -0.0322. The van der Waals surface area contributed by atoms with Gasteiger partial charge in [-0.25, -0.2) is 15.0 Å². The Morgan fingerprint density at radius 2 is 1.96 bits per heavy atom. The third-order valence-corrected chi connectivity index (χ3v) is 6.81. The summed E-state index contributed by atoms with van der Waals surface area (Å²) in [7, 11) is 0. The Morgan fingerprint density at radius 3 is 2.57 bits per heavy atom. The van der Waals surface area contributed by atoms with Crippen LogP contribution in [0.2, 0.25) is 0 Å². The number of imidazole rings is 1. The Bertz CT molecular complexity index is 870. The molecule has 9 nitrogen and oxygen atoms in total. The van der Waals surface area contributed by atoms with Crippen molar-refractivity contribution in [1.29, 1.82) is 0 Å². The number of aliphatic hydroxyl groups is 2. The smallest absolute Gasteiger partial charge is 0.194 e. The molecule has 3 aliphatic rings. The summed E-state index contributed by atoms with van der Waals surface area (Å²) in [5.74, 6) is 2.16. The minimum atomic E-state index is -1.09. The van der Waals surface area contributed by atoms with Crippen molar-refractivity contribution in [2.45, 2.75) is 62.7 Å². The number of aromatic nitrogens is 4. The van der Waals surface area contributed by atoms with Crippen LogP contribution in [0.15, 0.2) is 6.33 Å². The molecule has 2 aromatic rings. The zero-order valence-electron chi connectivity index (χ0n) is 15.4. The van der Waals surface area contributed by atoms with E-state index in [-0.39, 0.29) is 6.54 Å². The quantitative estimate of drug-likeness (QED) is 0.342. The van der Waals surface area contributed by atoms with Crippen LogP contribution in [0.4, 0.5) is 5.82 Å². The van der Waals surface area contributed by atoms with Crippen LogP contribution in [0, 0.1) is 15.7 Å². The van der Waals surface area contributed by atoms with Gasteiger partial charge in [0.1, 0.15) is 18.3 Å². The van der Waals surface area contributed by atoms with Crippen molar-refractivity contribution < 1.29 is 14.9 Å². The predicted octanol–water partition coefficient (Wildman–Crippen LogP) is 0.999. The molecule has 152 valence electrons. The first-order valence-corrected chi connectivity index (χ1v) is 11.0. The minimum absolute atomic E-state index is 0.130. The van der Waals surface area contributed by atoms with Crippen LogP contribution in [0.3, 0.4) is 0 Å². The minimum Gasteiger partial charge on any atom is -0.387 e. The molecule has 2 saturated carbocycles. The summed E-state index contributed by atoms with van der Waals surface area (Å²) in [6, 6.07) is 0.435. The molecule has 2 aromatic heterocycles. The molecule has 5 atom stereocenters. The molecule has 0 unspecified atom stereocenters. The van der Waals surface area contributed by atoms with E-state index in [1.54, 1.807) is 10.9 Å². The number of anilines is 1. The van der Waals surface area contributed by atoms with Gasteiger partial charge in [0.25, 0.3) is 0 Å². The van der Waals surface area contributed by atoms with Gasteiger partial charge in [-0.2, -0.15) is 0 Å². The number of halogens is 1. The topological polar surface area (TPSA) is 131 Å². The maximum atomic E-state index is 10.4. The molecule has 0 amide bonds. The third-order valence-electron chi connectivity index (χ3n) is 6.33. The van der Waals surface area contributed by atoms with Crippen LogP contribution in [-0.4, -0.2) is 60.6 Å². The maximum Gasteiger partial charge on any atom is 0.194 e. The van der Waals surface area contributed by atoms with Crippen LogP contribution >= 0.6 is 22.6 Å². The molecule has 0 aromatic carbocycles. The molecule has 1 aliphatic heterocycles. The Hall–Kier alpha value is -1.08. The normalized spacial score (nSPS) is 31.9. The fraction of sp³-hybridized carbons (Fsp3) is 0.722. The van der Waals surface area contributed by atoms with Gasteiger partial charge in [0.2, 0.25) is 0 Å².